The lowest BCUT2D eigenvalue weighted by atomic mass is 9.33. The van der Waals surface area contributed by atoms with Crippen molar-refractivity contribution in [2.24, 2.45) is 46.2 Å². The Kier molecular flexibility index (Phi) is 5.34. The van der Waals surface area contributed by atoms with E-state index >= 15 is 0 Å². The fourth-order valence-electron chi connectivity index (χ4n) is 12.7. The van der Waals surface area contributed by atoms with E-state index in [1.165, 1.54) is 75.3 Å². The minimum Gasteiger partial charge on any atom is -0.508 e. The van der Waals surface area contributed by atoms with E-state index in [0.29, 0.717) is 29.4 Å². The van der Waals surface area contributed by atoms with Gasteiger partial charge in [0.25, 0.3) is 0 Å². The normalized spacial score (nSPS) is 48.8. The molecule has 1 aromatic carbocycles. The average molecular weight is 530 g/mol. The van der Waals surface area contributed by atoms with Crippen molar-refractivity contribution in [1.29, 1.82) is 0 Å². The molecule has 4 heteroatoms. The lowest BCUT2D eigenvalue weighted by Gasteiger charge is -2.79. The number of aliphatic hydroxyl groups excluding tert-OH is 1. The van der Waals surface area contributed by atoms with Crippen LogP contribution in [0.2, 0.25) is 0 Å². The van der Waals surface area contributed by atoms with E-state index < -0.39 is 5.54 Å². The van der Waals surface area contributed by atoms with Gasteiger partial charge in [0.15, 0.2) is 0 Å². The first-order valence-electron chi connectivity index (χ1n) is 16.1. The van der Waals surface area contributed by atoms with E-state index in [9.17, 15) is 10.2 Å². The zero-order chi connectivity index (χ0) is 26.7. The van der Waals surface area contributed by atoms with Crippen LogP contribution < -0.4 is 5.73 Å². The number of aromatic hydroxyl groups is 1. The van der Waals surface area contributed by atoms with Crippen LogP contribution in [0, 0.1) is 52.3 Å². The van der Waals surface area contributed by atoms with Gasteiger partial charge < -0.3 is 20.7 Å². The molecule has 0 radical (unpaired) electrons. The van der Waals surface area contributed by atoms with Crippen LogP contribution in [0.3, 0.4) is 0 Å². The average Bonchev–Trinajstić information content (AvgIpc) is 3.32. The van der Waals surface area contributed by atoms with Gasteiger partial charge in [-0.15, -0.1) is 0 Å². The number of fused-ring (bicyclic) bond motifs is 3. The molecule has 8 aliphatic rings. The second-order valence-electron chi connectivity index (χ2n) is 15.6. The molecule has 2 heterocycles. The molecule has 2 spiro atoms. The molecule has 4 nitrogen and oxygen atoms in total. The smallest absolute Gasteiger partial charge is 0.115 e. The molecule has 0 amide bonds. The third kappa shape index (κ3) is 3.30. The molecule has 4 N–H and O–H groups in total. The predicted octanol–water partition coefficient (Wildman–Crippen LogP) is 5.90. The number of nitrogens with two attached hydrogens (primary N) is 1. The van der Waals surface area contributed by atoms with E-state index in [4.69, 9.17) is 10.5 Å². The number of phenolic OH excluding ortho intramolecular Hbond substituents is 1. The van der Waals surface area contributed by atoms with E-state index in [2.05, 4.69) is 24.8 Å². The molecular formula is C35H47NO3. The largest absolute Gasteiger partial charge is 0.508 e. The first-order valence-corrected chi connectivity index (χ1v) is 16.1. The predicted molar refractivity (Wildman–Crippen MR) is 152 cm³/mol. The summed E-state index contributed by atoms with van der Waals surface area (Å²) >= 11 is 0. The minimum absolute atomic E-state index is 0.0483. The molecule has 7 fully saturated rings. The Morgan fingerprint density at radius 1 is 1.05 bits per heavy atom. The van der Waals surface area contributed by atoms with Gasteiger partial charge in [-0.05, 0) is 123 Å². The highest BCUT2D eigenvalue weighted by Crippen LogP contribution is 2.76. The topological polar surface area (TPSA) is 75.7 Å². The monoisotopic (exact) mass is 529 g/mol. The van der Waals surface area contributed by atoms with Crippen molar-refractivity contribution >= 4 is 0 Å². The Morgan fingerprint density at radius 2 is 1.90 bits per heavy atom. The molecule has 9 unspecified atom stereocenters. The van der Waals surface area contributed by atoms with Gasteiger partial charge in [-0.1, -0.05) is 37.2 Å². The maximum absolute atomic E-state index is 10.8. The van der Waals surface area contributed by atoms with Crippen LogP contribution in [-0.4, -0.2) is 33.6 Å². The Balaban J connectivity index is 1.35. The molecule has 5 saturated carbocycles. The SMILES string of the molecule is CC12CCCC34CCC(CO)C(N)(C31)C1C#CCc3cc(O)ccc3CC3CC(CC5(CCCC5)C3)C1(C4)O2. The fraction of sp³-hybridized carbons (Fsp3) is 0.771. The summed E-state index contributed by atoms with van der Waals surface area (Å²) in [5, 5.41) is 21.2. The summed E-state index contributed by atoms with van der Waals surface area (Å²) in [6.07, 6.45) is 17.8. The first kappa shape index (κ1) is 25.2. The maximum atomic E-state index is 10.8. The number of rotatable bonds is 1. The highest BCUT2D eigenvalue weighted by atomic mass is 16.5. The van der Waals surface area contributed by atoms with Gasteiger partial charge in [0, 0.05) is 30.4 Å². The number of hydrogen-bond acceptors (Lipinski definition) is 4. The second-order valence-corrected chi connectivity index (χ2v) is 15.6. The molecule has 6 aliphatic carbocycles. The number of phenols is 1. The summed E-state index contributed by atoms with van der Waals surface area (Å²) in [6, 6.07) is 5.97. The Morgan fingerprint density at radius 3 is 2.72 bits per heavy atom. The summed E-state index contributed by atoms with van der Waals surface area (Å²) in [5.41, 5.74) is 9.99. The fourth-order valence-corrected chi connectivity index (χ4v) is 12.7. The number of benzene rings is 1. The van der Waals surface area contributed by atoms with Crippen LogP contribution >= 0.6 is 0 Å². The van der Waals surface area contributed by atoms with Crippen molar-refractivity contribution < 1.29 is 14.9 Å². The summed E-state index contributed by atoms with van der Waals surface area (Å²) in [6.45, 7) is 2.55. The van der Waals surface area contributed by atoms with Crippen LogP contribution in [-0.2, 0) is 17.6 Å². The first-order chi connectivity index (χ1) is 18.7. The van der Waals surface area contributed by atoms with Crippen molar-refractivity contribution in [2.75, 3.05) is 6.61 Å². The van der Waals surface area contributed by atoms with Gasteiger partial charge >= 0.3 is 0 Å². The minimum atomic E-state index is -0.517. The third-order valence-corrected chi connectivity index (χ3v) is 13.6. The summed E-state index contributed by atoms with van der Waals surface area (Å²) in [5.74, 6) is 9.20. The molecule has 2 aliphatic heterocycles. The van der Waals surface area contributed by atoms with E-state index in [1.54, 1.807) is 0 Å². The van der Waals surface area contributed by atoms with E-state index in [-0.39, 0.29) is 41.0 Å². The van der Waals surface area contributed by atoms with Gasteiger partial charge in [0.2, 0.25) is 0 Å². The summed E-state index contributed by atoms with van der Waals surface area (Å²) in [7, 11) is 0. The van der Waals surface area contributed by atoms with Crippen LogP contribution in [0.5, 0.6) is 5.75 Å². The van der Waals surface area contributed by atoms with Gasteiger partial charge in [0.05, 0.1) is 17.1 Å². The second kappa shape index (κ2) is 8.27. The van der Waals surface area contributed by atoms with E-state index in [1.807, 2.05) is 12.1 Å². The molecule has 2 saturated heterocycles. The molecule has 1 aromatic rings. The molecule has 9 atom stereocenters. The highest BCUT2D eigenvalue weighted by Gasteiger charge is 2.80. The zero-order valence-electron chi connectivity index (χ0n) is 23.8. The third-order valence-electron chi connectivity index (χ3n) is 13.6. The quantitative estimate of drug-likeness (QED) is 0.396. The Labute approximate surface area is 234 Å². The summed E-state index contributed by atoms with van der Waals surface area (Å²) in [4.78, 5) is 0. The number of hydrogen-bond donors (Lipinski definition) is 3. The zero-order valence-corrected chi connectivity index (χ0v) is 23.8. The van der Waals surface area contributed by atoms with Gasteiger partial charge in [0.1, 0.15) is 5.75 Å². The van der Waals surface area contributed by atoms with Gasteiger partial charge in [-0.25, -0.2) is 0 Å². The molecule has 9 rings (SSSR count). The summed E-state index contributed by atoms with van der Waals surface area (Å²) < 4.78 is 7.68. The molecule has 0 aromatic heterocycles. The highest BCUT2D eigenvalue weighted by molar-refractivity contribution is 5.40. The molecule has 39 heavy (non-hydrogen) atoms. The molecule has 210 valence electrons. The lowest BCUT2D eigenvalue weighted by molar-refractivity contribution is -0.383. The standard InChI is InChI=1S/C35H47NO3/c1-31-11-5-14-33-15-10-26(21-37)35(36,30(31)33)29-7-4-6-24-18-28(38)9-8-25(24)16-23-17-27(34(29,22-33)39-31)20-32(19-23)12-2-3-13-32/h8-9,18,23,26-27,29-30,37-38H,2-3,5-6,10-17,19-22,36H2,1H3. The van der Waals surface area contributed by atoms with Crippen molar-refractivity contribution in [3.63, 3.8) is 0 Å². The number of ether oxygens (including phenoxy) is 1. The van der Waals surface area contributed by atoms with Crippen molar-refractivity contribution in [1.82, 2.24) is 0 Å². The number of aliphatic hydroxyl groups is 1. The molecular weight excluding hydrogens is 482 g/mol. The van der Waals surface area contributed by atoms with Crippen molar-refractivity contribution in [3.8, 4) is 17.6 Å². The van der Waals surface area contributed by atoms with Crippen LogP contribution in [0.15, 0.2) is 18.2 Å². The van der Waals surface area contributed by atoms with Gasteiger partial charge in [-0.3, -0.25) is 0 Å². The molecule has 7 bridgehead atoms. The lowest BCUT2D eigenvalue weighted by Crippen LogP contribution is -2.86. The van der Waals surface area contributed by atoms with Gasteiger partial charge in [-0.2, -0.15) is 0 Å². The van der Waals surface area contributed by atoms with Crippen LogP contribution in [0.25, 0.3) is 0 Å². The van der Waals surface area contributed by atoms with Crippen molar-refractivity contribution in [3.05, 3.63) is 29.3 Å². The van der Waals surface area contributed by atoms with Crippen molar-refractivity contribution in [2.45, 2.75) is 120 Å². The Hall–Kier alpha value is -1.54. The van der Waals surface area contributed by atoms with E-state index in [0.717, 1.165) is 25.7 Å². The maximum Gasteiger partial charge on any atom is 0.115 e. The van der Waals surface area contributed by atoms with Crippen LogP contribution in [0.1, 0.15) is 102 Å². The Bertz CT molecular complexity index is 1240. The van der Waals surface area contributed by atoms with Crippen LogP contribution in [0.4, 0.5) is 0 Å².